The van der Waals surface area contributed by atoms with Crippen molar-refractivity contribution >= 4 is 12.2 Å². The van der Waals surface area contributed by atoms with Crippen LogP contribution < -0.4 is 5.32 Å². The molecule has 1 atom stereocenters. The fourth-order valence-electron chi connectivity index (χ4n) is 1.10. The molecule has 2 rings (SSSR count). The predicted octanol–water partition coefficient (Wildman–Crippen LogP) is 0.393. The number of nitrogens with zero attached hydrogens (tertiary/aromatic N) is 1. The summed E-state index contributed by atoms with van der Waals surface area (Å²) in [5.74, 6) is 0.521. The molecule has 0 aromatic carbocycles. The molecule has 0 amide bonds. The largest absolute Gasteiger partial charge is 0.411 e. The summed E-state index contributed by atoms with van der Waals surface area (Å²) in [5.41, 5.74) is 0. The van der Waals surface area contributed by atoms with Crippen LogP contribution in [0.5, 0.6) is 0 Å². The molecule has 1 fully saturated rings. The van der Waals surface area contributed by atoms with Crippen LogP contribution in [0, 0.1) is 4.84 Å². The second-order valence-electron chi connectivity index (χ2n) is 2.51. The lowest BCUT2D eigenvalue weighted by molar-refractivity contribution is 0.0105. The van der Waals surface area contributed by atoms with Gasteiger partial charge in [-0.05, 0) is 12.2 Å². The average molecular weight is 187 g/mol. The maximum atomic E-state index is 5.39. The van der Waals surface area contributed by atoms with E-state index in [2.05, 4.69) is 15.5 Å². The lowest BCUT2D eigenvalue weighted by atomic mass is 10.3. The summed E-state index contributed by atoms with van der Waals surface area (Å²) in [7, 11) is 0. The van der Waals surface area contributed by atoms with Crippen molar-refractivity contribution in [3.8, 4) is 0 Å². The summed E-state index contributed by atoms with van der Waals surface area (Å²) in [6.07, 6.45) is -0.105. The van der Waals surface area contributed by atoms with Crippen molar-refractivity contribution in [2.24, 2.45) is 0 Å². The standard InChI is InChI=1S/C6H9N3O2S/c12-6-9-8-5(11-6)4-3-7-1-2-10-4/h4,7H,1-3H2,(H,9,12). The molecular formula is C6H9N3O2S. The van der Waals surface area contributed by atoms with Crippen molar-refractivity contribution < 1.29 is 9.15 Å². The maximum Gasteiger partial charge on any atom is 0.284 e. The Morgan fingerprint density at radius 3 is 3.08 bits per heavy atom. The molecule has 1 aliphatic rings. The lowest BCUT2D eigenvalue weighted by Gasteiger charge is -2.20. The fourth-order valence-corrected chi connectivity index (χ4v) is 1.23. The molecule has 5 nitrogen and oxygen atoms in total. The molecule has 6 heteroatoms. The summed E-state index contributed by atoms with van der Waals surface area (Å²) in [5, 5.41) is 9.60. The topological polar surface area (TPSA) is 63.1 Å². The summed E-state index contributed by atoms with van der Waals surface area (Å²) in [6.45, 7) is 2.28. The summed E-state index contributed by atoms with van der Waals surface area (Å²) < 4.78 is 10.5. The van der Waals surface area contributed by atoms with Crippen LogP contribution in [0.1, 0.15) is 12.0 Å². The van der Waals surface area contributed by atoms with Crippen LogP contribution in [0.15, 0.2) is 4.42 Å². The minimum Gasteiger partial charge on any atom is -0.411 e. The van der Waals surface area contributed by atoms with Crippen LogP contribution >= 0.6 is 12.2 Å². The van der Waals surface area contributed by atoms with Crippen molar-refractivity contribution in [3.05, 3.63) is 10.7 Å². The van der Waals surface area contributed by atoms with Gasteiger partial charge < -0.3 is 14.5 Å². The van der Waals surface area contributed by atoms with Crippen molar-refractivity contribution in [2.75, 3.05) is 19.7 Å². The van der Waals surface area contributed by atoms with Gasteiger partial charge in [-0.1, -0.05) is 0 Å². The zero-order valence-electron chi connectivity index (χ0n) is 6.37. The number of ether oxygens (including phenoxy) is 1. The van der Waals surface area contributed by atoms with E-state index < -0.39 is 0 Å². The molecule has 1 aromatic rings. The third-order valence-electron chi connectivity index (χ3n) is 1.66. The third kappa shape index (κ3) is 1.55. The van der Waals surface area contributed by atoms with Gasteiger partial charge >= 0.3 is 0 Å². The van der Waals surface area contributed by atoms with Crippen molar-refractivity contribution in [2.45, 2.75) is 6.10 Å². The van der Waals surface area contributed by atoms with E-state index in [0.717, 1.165) is 13.1 Å². The van der Waals surface area contributed by atoms with E-state index in [9.17, 15) is 0 Å². The first-order chi connectivity index (χ1) is 5.86. The number of hydrogen-bond donors (Lipinski definition) is 2. The highest BCUT2D eigenvalue weighted by molar-refractivity contribution is 7.71. The molecule has 0 aliphatic carbocycles. The molecule has 0 radical (unpaired) electrons. The van der Waals surface area contributed by atoms with Gasteiger partial charge in [0.25, 0.3) is 4.84 Å². The molecule has 0 saturated carbocycles. The number of nitrogens with one attached hydrogen (secondary N) is 2. The zero-order valence-corrected chi connectivity index (χ0v) is 7.19. The van der Waals surface area contributed by atoms with E-state index in [0.29, 0.717) is 17.3 Å². The first kappa shape index (κ1) is 7.90. The second kappa shape index (κ2) is 3.34. The van der Waals surface area contributed by atoms with E-state index in [-0.39, 0.29) is 6.10 Å². The number of rotatable bonds is 1. The SMILES string of the molecule is S=c1[nH]nc(C2CNCCO2)o1. The molecule has 2 N–H and O–H groups in total. The molecule has 1 saturated heterocycles. The molecule has 1 unspecified atom stereocenters. The second-order valence-corrected chi connectivity index (χ2v) is 2.89. The first-order valence-corrected chi connectivity index (χ1v) is 4.15. The van der Waals surface area contributed by atoms with Crippen molar-refractivity contribution in [1.82, 2.24) is 15.5 Å². The fraction of sp³-hybridized carbons (Fsp3) is 0.667. The quantitative estimate of drug-likeness (QED) is 0.623. The van der Waals surface area contributed by atoms with E-state index in [1.165, 1.54) is 0 Å². The number of aromatic nitrogens is 2. The highest BCUT2D eigenvalue weighted by Crippen LogP contribution is 2.15. The van der Waals surface area contributed by atoms with Gasteiger partial charge in [0, 0.05) is 13.1 Å². The Morgan fingerprint density at radius 1 is 1.58 bits per heavy atom. The number of hydrogen-bond acceptors (Lipinski definition) is 5. The normalized spacial score (nSPS) is 24.2. The summed E-state index contributed by atoms with van der Waals surface area (Å²) in [4.78, 5) is 0.291. The number of H-pyrrole nitrogens is 1. The Kier molecular flexibility index (Phi) is 2.20. The van der Waals surface area contributed by atoms with Gasteiger partial charge in [0.15, 0.2) is 0 Å². The molecule has 0 bridgehead atoms. The van der Waals surface area contributed by atoms with Gasteiger partial charge in [0.05, 0.1) is 6.61 Å². The van der Waals surface area contributed by atoms with Gasteiger partial charge in [-0.2, -0.15) is 0 Å². The minimum atomic E-state index is -0.105. The summed E-state index contributed by atoms with van der Waals surface area (Å²) in [6, 6.07) is 0. The van der Waals surface area contributed by atoms with Crippen LogP contribution in [0.3, 0.4) is 0 Å². The van der Waals surface area contributed by atoms with Gasteiger partial charge in [-0.25, -0.2) is 5.10 Å². The van der Waals surface area contributed by atoms with Crippen LogP contribution in [0.2, 0.25) is 0 Å². The Hall–Kier alpha value is -0.720. The van der Waals surface area contributed by atoms with E-state index in [1.54, 1.807) is 0 Å². The molecule has 12 heavy (non-hydrogen) atoms. The van der Waals surface area contributed by atoms with Crippen molar-refractivity contribution in [3.63, 3.8) is 0 Å². The highest BCUT2D eigenvalue weighted by Gasteiger charge is 2.19. The Balaban J connectivity index is 2.13. The van der Waals surface area contributed by atoms with Crippen molar-refractivity contribution in [1.29, 1.82) is 0 Å². The Morgan fingerprint density at radius 2 is 2.50 bits per heavy atom. The average Bonchev–Trinajstić information content (AvgIpc) is 2.54. The Labute approximate surface area is 74.1 Å². The van der Waals surface area contributed by atoms with Gasteiger partial charge in [-0.15, -0.1) is 5.10 Å². The van der Waals surface area contributed by atoms with Gasteiger partial charge in [-0.3, -0.25) is 0 Å². The lowest BCUT2D eigenvalue weighted by Crippen LogP contribution is -2.33. The molecule has 0 spiro atoms. The summed E-state index contributed by atoms with van der Waals surface area (Å²) >= 11 is 4.74. The zero-order chi connectivity index (χ0) is 8.39. The van der Waals surface area contributed by atoms with Crippen LogP contribution in [-0.4, -0.2) is 29.9 Å². The predicted molar refractivity (Wildman–Crippen MR) is 43.3 cm³/mol. The van der Waals surface area contributed by atoms with Crippen LogP contribution in [-0.2, 0) is 4.74 Å². The molecule has 1 aromatic heterocycles. The van der Waals surface area contributed by atoms with E-state index in [1.807, 2.05) is 0 Å². The van der Waals surface area contributed by atoms with E-state index >= 15 is 0 Å². The van der Waals surface area contributed by atoms with Crippen LogP contribution in [0.4, 0.5) is 0 Å². The third-order valence-corrected chi connectivity index (χ3v) is 1.83. The molecular weight excluding hydrogens is 178 g/mol. The monoisotopic (exact) mass is 187 g/mol. The molecule has 66 valence electrons. The first-order valence-electron chi connectivity index (χ1n) is 3.74. The smallest absolute Gasteiger partial charge is 0.284 e. The Bertz CT molecular complexity index is 302. The van der Waals surface area contributed by atoms with Gasteiger partial charge in [0.2, 0.25) is 5.89 Å². The molecule has 1 aliphatic heterocycles. The number of morpholine rings is 1. The number of aromatic amines is 1. The minimum absolute atomic E-state index is 0.105. The molecule has 2 heterocycles. The highest BCUT2D eigenvalue weighted by atomic mass is 32.1. The maximum absolute atomic E-state index is 5.39. The van der Waals surface area contributed by atoms with E-state index in [4.69, 9.17) is 21.4 Å². The van der Waals surface area contributed by atoms with Gasteiger partial charge in [0.1, 0.15) is 6.10 Å². The van der Waals surface area contributed by atoms with Crippen LogP contribution in [0.25, 0.3) is 0 Å².